The van der Waals surface area contributed by atoms with E-state index in [2.05, 4.69) is 9.88 Å². The van der Waals surface area contributed by atoms with Crippen molar-refractivity contribution in [2.45, 2.75) is 25.0 Å². The second kappa shape index (κ2) is 9.98. The molecule has 1 atom stereocenters. The van der Waals surface area contributed by atoms with Crippen LogP contribution in [0.25, 0.3) is 0 Å². The zero-order valence-electron chi connectivity index (χ0n) is 17.9. The molecule has 8 nitrogen and oxygen atoms in total. The lowest BCUT2D eigenvalue weighted by Gasteiger charge is -2.37. The molecule has 31 heavy (non-hydrogen) atoms. The zero-order chi connectivity index (χ0) is 21.6. The van der Waals surface area contributed by atoms with Crippen LogP contribution in [0.3, 0.4) is 0 Å². The Morgan fingerprint density at radius 2 is 1.77 bits per heavy atom. The van der Waals surface area contributed by atoms with Crippen molar-refractivity contribution < 1.29 is 19.4 Å². The minimum atomic E-state index is -0.586. The van der Waals surface area contributed by atoms with Crippen molar-refractivity contribution in [2.75, 3.05) is 51.3 Å². The second-order valence-electron chi connectivity index (χ2n) is 7.98. The molecule has 0 radical (unpaired) electrons. The molecule has 2 aromatic rings. The smallest absolute Gasteiger partial charge is 0.324 e. The third-order valence-electron chi connectivity index (χ3n) is 5.98. The highest BCUT2D eigenvalue weighted by atomic mass is 16.5. The number of pyridine rings is 1. The second-order valence-corrected chi connectivity index (χ2v) is 7.98. The molecule has 1 aromatic heterocycles. The molecule has 2 saturated heterocycles. The molecule has 4 rings (SSSR count). The van der Waals surface area contributed by atoms with Crippen molar-refractivity contribution in [3.63, 3.8) is 0 Å². The summed E-state index contributed by atoms with van der Waals surface area (Å²) in [6.07, 6.45) is 4.67. The number of para-hydroxylation sites is 2. The van der Waals surface area contributed by atoms with Gasteiger partial charge in [-0.2, -0.15) is 0 Å². The van der Waals surface area contributed by atoms with Gasteiger partial charge in [0, 0.05) is 56.8 Å². The molecule has 2 aliphatic rings. The Morgan fingerprint density at radius 1 is 1.06 bits per heavy atom. The van der Waals surface area contributed by atoms with Crippen molar-refractivity contribution in [1.82, 2.24) is 14.8 Å². The first-order valence-electron chi connectivity index (χ1n) is 10.8. The summed E-state index contributed by atoms with van der Waals surface area (Å²) < 4.78 is 11.0. The maximum atomic E-state index is 12.9. The third-order valence-corrected chi connectivity index (χ3v) is 5.98. The molecule has 2 amide bonds. The van der Waals surface area contributed by atoms with Gasteiger partial charge in [-0.25, -0.2) is 4.79 Å². The molecule has 0 aliphatic carbocycles. The van der Waals surface area contributed by atoms with E-state index in [1.165, 1.54) is 0 Å². The van der Waals surface area contributed by atoms with E-state index in [-0.39, 0.29) is 18.7 Å². The van der Waals surface area contributed by atoms with Gasteiger partial charge in [-0.05, 0) is 37.1 Å². The molecule has 2 aliphatic heterocycles. The third kappa shape index (κ3) is 5.08. The number of urea groups is 1. The van der Waals surface area contributed by atoms with Crippen molar-refractivity contribution in [3.05, 3.63) is 48.8 Å². The van der Waals surface area contributed by atoms with E-state index in [1.807, 2.05) is 46.2 Å². The van der Waals surface area contributed by atoms with Gasteiger partial charge in [0.25, 0.3) is 0 Å². The quantitative estimate of drug-likeness (QED) is 0.698. The number of ether oxygens (including phenoxy) is 2. The van der Waals surface area contributed by atoms with Gasteiger partial charge >= 0.3 is 6.03 Å². The van der Waals surface area contributed by atoms with Crippen LogP contribution in [0.1, 0.15) is 12.8 Å². The van der Waals surface area contributed by atoms with E-state index in [0.29, 0.717) is 24.6 Å². The first-order chi connectivity index (χ1) is 15.2. The van der Waals surface area contributed by atoms with Crippen molar-refractivity contribution in [3.8, 4) is 11.5 Å². The summed E-state index contributed by atoms with van der Waals surface area (Å²) in [6.45, 7) is 3.94. The first kappa shape index (κ1) is 21.4. The lowest BCUT2D eigenvalue weighted by molar-refractivity contribution is 0.0502. The summed E-state index contributed by atoms with van der Waals surface area (Å²) in [5, 5.41) is 10.4. The van der Waals surface area contributed by atoms with Crippen molar-refractivity contribution >= 4 is 11.7 Å². The molecule has 0 bridgehead atoms. The van der Waals surface area contributed by atoms with Crippen LogP contribution in [0.15, 0.2) is 48.8 Å². The molecule has 0 saturated carbocycles. The minimum absolute atomic E-state index is 0.0786. The number of amides is 2. The number of likely N-dealkylation sites (tertiary alicyclic amines) is 1. The lowest BCUT2D eigenvalue weighted by atomic mass is 10.0. The molecule has 0 spiro atoms. The molecule has 8 heteroatoms. The minimum Gasteiger partial charge on any atom is -0.493 e. The molecule has 1 aromatic carbocycles. The first-order valence-corrected chi connectivity index (χ1v) is 10.8. The molecule has 1 N–H and O–H groups in total. The Morgan fingerprint density at radius 3 is 2.48 bits per heavy atom. The SMILES string of the molecule is COc1ccccc1OCC(O)CN1CCC(N2CCN(c3ccncc3)C2=O)CC1. The predicted octanol–water partition coefficient (Wildman–Crippen LogP) is 2.24. The fraction of sp³-hybridized carbons (Fsp3) is 0.478. The normalized spacial score (nSPS) is 19.0. The number of piperidine rings is 1. The van der Waals surface area contributed by atoms with Crippen LogP contribution in [0, 0.1) is 0 Å². The van der Waals surface area contributed by atoms with Crippen molar-refractivity contribution in [1.29, 1.82) is 0 Å². The monoisotopic (exact) mass is 426 g/mol. The Hall–Kier alpha value is -2.84. The number of benzene rings is 1. The number of anilines is 1. The average Bonchev–Trinajstić information content (AvgIpc) is 3.20. The molecule has 166 valence electrons. The Bertz CT molecular complexity index is 858. The number of methoxy groups -OCH3 is 1. The summed E-state index contributed by atoms with van der Waals surface area (Å²) >= 11 is 0. The molecular weight excluding hydrogens is 396 g/mol. The Balaban J connectivity index is 1.22. The topological polar surface area (TPSA) is 78.4 Å². The van der Waals surface area contributed by atoms with Gasteiger partial charge in [-0.1, -0.05) is 12.1 Å². The summed E-state index contributed by atoms with van der Waals surface area (Å²) in [4.78, 5) is 23.0. The highest BCUT2D eigenvalue weighted by Gasteiger charge is 2.36. The van der Waals surface area contributed by atoms with Gasteiger partial charge in [-0.3, -0.25) is 9.88 Å². The Labute approximate surface area is 183 Å². The van der Waals surface area contributed by atoms with Crippen LogP contribution >= 0.6 is 0 Å². The zero-order valence-corrected chi connectivity index (χ0v) is 17.9. The summed E-state index contributed by atoms with van der Waals surface area (Å²) in [5.41, 5.74) is 0.901. The van der Waals surface area contributed by atoms with E-state index in [4.69, 9.17) is 9.47 Å². The maximum absolute atomic E-state index is 12.9. The Kier molecular flexibility index (Phi) is 6.89. The molecule has 3 heterocycles. The number of aliphatic hydroxyl groups excluding tert-OH is 1. The standard InChI is InChI=1S/C23H30N4O4/c1-30-21-4-2-3-5-22(21)31-17-20(28)16-25-12-8-19(9-13-25)27-15-14-26(23(27)29)18-6-10-24-11-7-18/h2-7,10-11,19-20,28H,8-9,12-17H2,1H3. The van der Waals surface area contributed by atoms with E-state index in [0.717, 1.165) is 38.2 Å². The fourth-order valence-electron chi connectivity index (χ4n) is 4.34. The van der Waals surface area contributed by atoms with E-state index >= 15 is 0 Å². The number of nitrogens with zero attached hydrogens (tertiary/aromatic N) is 4. The van der Waals surface area contributed by atoms with Gasteiger partial charge in [0.1, 0.15) is 12.7 Å². The number of hydrogen-bond acceptors (Lipinski definition) is 6. The predicted molar refractivity (Wildman–Crippen MR) is 118 cm³/mol. The van der Waals surface area contributed by atoms with Crippen LogP contribution in [-0.4, -0.2) is 84.5 Å². The number of rotatable bonds is 8. The van der Waals surface area contributed by atoms with Crippen molar-refractivity contribution in [2.24, 2.45) is 0 Å². The average molecular weight is 427 g/mol. The number of carbonyl (C=O) groups excluding carboxylic acids is 1. The summed E-state index contributed by atoms with van der Waals surface area (Å²) in [6, 6.07) is 11.5. The largest absolute Gasteiger partial charge is 0.493 e. The summed E-state index contributed by atoms with van der Waals surface area (Å²) in [7, 11) is 1.60. The lowest BCUT2D eigenvalue weighted by Crippen LogP contribution is -2.48. The van der Waals surface area contributed by atoms with E-state index < -0.39 is 6.10 Å². The van der Waals surface area contributed by atoms with Gasteiger partial charge in [0.15, 0.2) is 11.5 Å². The highest BCUT2D eigenvalue weighted by molar-refractivity contribution is 5.94. The fourth-order valence-corrected chi connectivity index (χ4v) is 4.34. The number of aromatic nitrogens is 1. The number of carbonyl (C=O) groups is 1. The van der Waals surface area contributed by atoms with Crippen LogP contribution in [0.5, 0.6) is 11.5 Å². The van der Waals surface area contributed by atoms with Gasteiger partial charge < -0.3 is 24.4 Å². The molecule has 1 unspecified atom stereocenters. The summed E-state index contributed by atoms with van der Waals surface area (Å²) in [5.74, 6) is 1.29. The van der Waals surface area contributed by atoms with Gasteiger partial charge in [0.05, 0.1) is 7.11 Å². The van der Waals surface area contributed by atoms with Crippen LogP contribution in [-0.2, 0) is 0 Å². The molecule has 2 fully saturated rings. The van der Waals surface area contributed by atoms with E-state index in [1.54, 1.807) is 19.5 Å². The number of aliphatic hydroxyl groups is 1. The van der Waals surface area contributed by atoms with Crippen LogP contribution in [0.2, 0.25) is 0 Å². The van der Waals surface area contributed by atoms with Gasteiger partial charge in [0.2, 0.25) is 0 Å². The van der Waals surface area contributed by atoms with E-state index in [9.17, 15) is 9.90 Å². The number of hydrogen-bond donors (Lipinski definition) is 1. The van der Waals surface area contributed by atoms with Gasteiger partial charge in [-0.15, -0.1) is 0 Å². The van der Waals surface area contributed by atoms with Crippen LogP contribution in [0.4, 0.5) is 10.5 Å². The highest BCUT2D eigenvalue weighted by Crippen LogP contribution is 2.27. The number of β-amino-alcohol motifs (C(OH)–C–C–N with tert-alkyl or cyclic N) is 1. The van der Waals surface area contributed by atoms with Crippen LogP contribution < -0.4 is 14.4 Å². The molecular formula is C23H30N4O4. The maximum Gasteiger partial charge on any atom is 0.324 e.